The van der Waals surface area contributed by atoms with Crippen molar-refractivity contribution in [3.8, 4) is 0 Å². The topological polar surface area (TPSA) is 114 Å². The number of carbonyl (C=O) groups is 2. The molecule has 0 aliphatic carbocycles. The van der Waals surface area contributed by atoms with Gasteiger partial charge in [-0.2, -0.15) is 5.10 Å². The van der Waals surface area contributed by atoms with Gasteiger partial charge in [-0.3, -0.25) is 19.7 Å². The van der Waals surface area contributed by atoms with Gasteiger partial charge in [0.1, 0.15) is 0 Å². The summed E-state index contributed by atoms with van der Waals surface area (Å²) < 4.78 is 0.746. The smallest absolute Gasteiger partial charge is 0.278 e. The van der Waals surface area contributed by atoms with Crippen molar-refractivity contribution in [3.63, 3.8) is 0 Å². The molecule has 0 unspecified atom stereocenters. The van der Waals surface area contributed by atoms with E-state index in [4.69, 9.17) is 0 Å². The lowest BCUT2D eigenvalue weighted by Crippen LogP contribution is -2.24. The Morgan fingerprint density at radius 2 is 1.79 bits per heavy atom. The van der Waals surface area contributed by atoms with Crippen molar-refractivity contribution in [2.24, 2.45) is 5.10 Å². The van der Waals surface area contributed by atoms with E-state index in [1.807, 2.05) is 12.1 Å². The van der Waals surface area contributed by atoms with Gasteiger partial charge in [0, 0.05) is 23.5 Å². The highest BCUT2D eigenvalue weighted by Gasteiger charge is 2.10. The number of carbonyl (C=O) groups excluding carboxylic acids is 2. The third-order valence-electron chi connectivity index (χ3n) is 4.01. The fraction of sp³-hybridized carbons (Fsp3) is 0.250. The van der Waals surface area contributed by atoms with Crippen LogP contribution in [-0.4, -0.2) is 29.5 Å². The summed E-state index contributed by atoms with van der Waals surface area (Å²) in [5.41, 5.74) is 3.20. The van der Waals surface area contributed by atoms with Crippen molar-refractivity contribution in [1.82, 2.24) is 10.7 Å². The van der Waals surface area contributed by atoms with Crippen LogP contribution in [0.3, 0.4) is 0 Å². The molecule has 29 heavy (non-hydrogen) atoms. The summed E-state index contributed by atoms with van der Waals surface area (Å²) in [6.45, 7) is 0.525. The van der Waals surface area contributed by atoms with Gasteiger partial charge in [-0.1, -0.05) is 30.7 Å². The third-order valence-corrected chi connectivity index (χ3v) is 4.70. The number of nitro benzene ring substituents is 1. The molecule has 2 aromatic rings. The lowest BCUT2D eigenvalue weighted by Gasteiger charge is -2.06. The Labute approximate surface area is 176 Å². The first kappa shape index (κ1) is 22.2. The number of nitrogens with one attached hydrogen (secondary N) is 2. The molecule has 2 rings (SSSR count). The fourth-order valence-electron chi connectivity index (χ4n) is 2.52. The maximum Gasteiger partial charge on any atom is 0.278 e. The second-order valence-electron chi connectivity index (χ2n) is 6.16. The summed E-state index contributed by atoms with van der Waals surface area (Å²) in [6.07, 6.45) is 3.72. The molecule has 0 fully saturated rings. The van der Waals surface area contributed by atoms with Crippen molar-refractivity contribution in [2.75, 3.05) is 6.54 Å². The molecule has 8 nitrogen and oxygen atoms in total. The fourth-order valence-corrected chi connectivity index (χ4v) is 2.99. The minimum Gasteiger partial charge on any atom is -0.352 e. The minimum absolute atomic E-state index is 0.0740. The number of amides is 2. The van der Waals surface area contributed by atoms with E-state index in [0.29, 0.717) is 24.1 Å². The Morgan fingerprint density at radius 3 is 2.55 bits per heavy atom. The van der Waals surface area contributed by atoms with Crippen molar-refractivity contribution in [1.29, 1.82) is 0 Å². The number of nitrogens with zero attached hydrogens (tertiary/aromatic N) is 2. The molecule has 0 heterocycles. The van der Waals surface area contributed by atoms with E-state index in [0.717, 1.165) is 17.3 Å². The van der Waals surface area contributed by atoms with E-state index in [9.17, 15) is 19.7 Å². The molecule has 0 spiro atoms. The first-order chi connectivity index (χ1) is 14.0. The van der Waals surface area contributed by atoms with Crippen LogP contribution in [0.4, 0.5) is 5.69 Å². The average molecular weight is 461 g/mol. The average Bonchev–Trinajstić information content (AvgIpc) is 2.71. The Bertz CT molecular complexity index is 902. The summed E-state index contributed by atoms with van der Waals surface area (Å²) in [7, 11) is 0. The molecule has 0 bridgehead atoms. The molecule has 0 radical (unpaired) electrons. The number of hydrogen-bond acceptors (Lipinski definition) is 5. The molecule has 2 aromatic carbocycles. The molecule has 0 atom stereocenters. The molecular formula is C20H21BrN4O4. The first-order valence-corrected chi connectivity index (χ1v) is 9.86. The van der Waals surface area contributed by atoms with E-state index >= 15 is 0 Å². The van der Waals surface area contributed by atoms with Crippen LogP contribution in [0, 0.1) is 10.1 Å². The molecule has 0 aromatic heterocycles. The van der Waals surface area contributed by atoms with Gasteiger partial charge >= 0.3 is 0 Å². The largest absolute Gasteiger partial charge is 0.352 e. The van der Waals surface area contributed by atoms with Crippen molar-refractivity contribution in [2.45, 2.75) is 25.7 Å². The number of nitro groups is 1. The predicted molar refractivity (Wildman–Crippen MR) is 114 cm³/mol. The molecule has 0 saturated carbocycles. The number of halogens is 1. The summed E-state index contributed by atoms with van der Waals surface area (Å²) >= 11 is 3.34. The SMILES string of the molecule is O=C(CCCCCNC(=O)c1ccccc1Br)NN=Cc1ccccc1[N+](=O)[O-]. The first-order valence-electron chi connectivity index (χ1n) is 9.07. The molecule has 0 aliphatic heterocycles. The maximum atomic E-state index is 12.0. The van der Waals surface area contributed by atoms with Crippen molar-refractivity contribution in [3.05, 3.63) is 74.2 Å². The van der Waals surface area contributed by atoms with Crippen LogP contribution in [0.5, 0.6) is 0 Å². The summed E-state index contributed by atoms with van der Waals surface area (Å²) in [5, 5.41) is 17.5. The highest BCUT2D eigenvalue weighted by atomic mass is 79.9. The van der Waals surface area contributed by atoms with Crippen LogP contribution < -0.4 is 10.7 Å². The molecular weight excluding hydrogens is 440 g/mol. The molecule has 152 valence electrons. The molecule has 9 heteroatoms. The summed E-state index contributed by atoms with van der Waals surface area (Å²) in [5.74, 6) is -0.406. The zero-order valence-electron chi connectivity index (χ0n) is 15.6. The van der Waals surface area contributed by atoms with Crippen LogP contribution in [0.2, 0.25) is 0 Å². The van der Waals surface area contributed by atoms with E-state index in [1.54, 1.807) is 30.3 Å². The number of para-hydroxylation sites is 1. The van der Waals surface area contributed by atoms with Gasteiger partial charge in [0.15, 0.2) is 0 Å². The van der Waals surface area contributed by atoms with E-state index in [2.05, 4.69) is 31.8 Å². The number of unbranched alkanes of at least 4 members (excludes halogenated alkanes) is 2. The number of benzene rings is 2. The molecule has 2 amide bonds. The normalized spacial score (nSPS) is 10.7. The highest BCUT2D eigenvalue weighted by molar-refractivity contribution is 9.10. The zero-order chi connectivity index (χ0) is 21.1. The zero-order valence-corrected chi connectivity index (χ0v) is 17.2. The lowest BCUT2D eigenvalue weighted by molar-refractivity contribution is -0.385. The quantitative estimate of drug-likeness (QED) is 0.243. The van der Waals surface area contributed by atoms with Crippen LogP contribution in [-0.2, 0) is 4.79 Å². The standard InChI is InChI=1S/C20H21BrN4O4/c21-17-10-5-4-9-16(17)20(27)22-13-7-1-2-12-19(26)24-23-14-15-8-3-6-11-18(15)25(28)29/h3-6,8-11,14H,1-2,7,12-13H2,(H,22,27)(H,24,26). The van der Waals surface area contributed by atoms with Gasteiger partial charge in [-0.05, 0) is 47.0 Å². The number of hydrazone groups is 1. The van der Waals surface area contributed by atoms with Crippen LogP contribution >= 0.6 is 15.9 Å². The lowest BCUT2D eigenvalue weighted by atomic mass is 10.2. The van der Waals surface area contributed by atoms with Gasteiger partial charge in [0.2, 0.25) is 5.91 Å². The van der Waals surface area contributed by atoms with Gasteiger partial charge in [-0.25, -0.2) is 5.43 Å². The molecule has 0 aliphatic rings. The number of hydrogen-bond donors (Lipinski definition) is 2. The Hall–Kier alpha value is -3.07. The molecule has 2 N–H and O–H groups in total. The van der Waals surface area contributed by atoms with E-state index in [-0.39, 0.29) is 23.9 Å². The van der Waals surface area contributed by atoms with Crippen molar-refractivity contribution < 1.29 is 14.5 Å². The van der Waals surface area contributed by atoms with E-state index in [1.165, 1.54) is 12.3 Å². The van der Waals surface area contributed by atoms with Crippen LogP contribution in [0.25, 0.3) is 0 Å². The summed E-state index contributed by atoms with van der Waals surface area (Å²) in [4.78, 5) is 34.2. The second kappa shape index (κ2) is 11.7. The third kappa shape index (κ3) is 7.46. The van der Waals surface area contributed by atoms with Crippen molar-refractivity contribution >= 4 is 39.6 Å². The second-order valence-corrected chi connectivity index (χ2v) is 7.01. The van der Waals surface area contributed by atoms with E-state index < -0.39 is 4.92 Å². The van der Waals surface area contributed by atoms with Crippen LogP contribution in [0.15, 0.2) is 58.1 Å². The Morgan fingerprint density at radius 1 is 1.07 bits per heavy atom. The maximum absolute atomic E-state index is 12.0. The summed E-state index contributed by atoms with van der Waals surface area (Å²) in [6, 6.07) is 13.4. The Balaban J connectivity index is 1.62. The van der Waals surface area contributed by atoms with Gasteiger partial charge in [0.25, 0.3) is 11.6 Å². The number of rotatable bonds is 10. The van der Waals surface area contributed by atoms with Gasteiger partial charge < -0.3 is 5.32 Å². The monoisotopic (exact) mass is 460 g/mol. The Kier molecular flexibility index (Phi) is 8.97. The predicted octanol–water partition coefficient (Wildman–Crippen LogP) is 3.80. The van der Waals surface area contributed by atoms with Crippen LogP contribution in [0.1, 0.15) is 41.6 Å². The van der Waals surface area contributed by atoms with Gasteiger partial charge in [-0.15, -0.1) is 0 Å². The highest BCUT2D eigenvalue weighted by Crippen LogP contribution is 2.16. The van der Waals surface area contributed by atoms with Gasteiger partial charge in [0.05, 0.1) is 22.3 Å². The minimum atomic E-state index is -0.502. The molecule has 0 saturated heterocycles.